The number of fused-ring (bicyclic) bond motifs is 1. The summed E-state index contributed by atoms with van der Waals surface area (Å²) in [6, 6.07) is 8.62. The lowest BCUT2D eigenvalue weighted by Crippen LogP contribution is -2.01. The maximum atomic E-state index is 9.23. The Morgan fingerprint density at radius 2 is 2.13 bits per heavy atom. The van der Waals surface area contributed by atoms with E-state index in [0.717, 1.165) is 12.8 Å². The van der Waals surface area contributed by atoms with Crippen molar-refractivity contribution in [2.24, 2.45) is 7.05 Å². The molecule has 1 N–H and O–H groups in total. The van der Waals surface area contributed by atoms with Gasteiger partial charge in [0.15, 0.2) is 0 Å². The minimum atomic E-state index is -0.212. The van der Waals surface area contributed by atoms with E-state index in [9.17, 15) is 5.11 Å². The Labute approximate surface area is 90.2 Å². The van der Waals surface area contributed by atoms with Crippen LogP contribution in [0.25, 0.3) is 10.9 Å². The lowest BCUT2D eigenvalue weighted by Gasteiger charge is -2.04. The van der Waals surface area contributed by atoms with E-state index < -0.39 is 0 Å². The van der Waals surface area contributed by atoms with Crippen LogP contribution in [0.4, 0.5) is 0 Å². The van der Waals surface area contributed by atoms with Gasteiger partial charge in [-0.3, -0.25) is 0 Å². The maximum Gasteiger partial charge on any atom is 0.0515 e. The van der Waals surface area contributed by atoms with Crippen LogP contribution >= 0.6 is 0 Å². The Morgan fingerprint density at radius 1 is 1.33 bits per heavy atom. The van der Waals surface area contributed by atoms with Gasteiger partial charge in [-0.1, -0.05) is 6.07 Å². The number of nitrogens with zero attached hydrogens (tertiary/aromatic N) is 1. The average Bonchev–Trinajstić information content (AvgIpc) is 2.57. The molecule has 0 aliphatic heterocycles. The lowest BCUT2D eigenvalue weighted by molar-refractivity contribution is 0.185. The highest BCUT2D eigenvalue weighted by Crippen LogP contribution is 2.17. The molecule has 2 nitrogen and oxygen atoms in total. The standard InChI is InChI=1S/C13H17NO/c1-10(15)3-4-11-5-6-13-12(9-11)7-8-14(13)2/h5-10,15H,3-4H2,1-2H3. The quantitative estimate of drug-likeness (QED) is 0.814. The molecule has 0 radical (unpaired) electrons. The summed E-state index contributed by atoms with van der Waals surface area (Å²) in [6.45, 7) is 1.83. The molecule has 2 rings (SSSR count). The van der Waals surface area contributed by atoms with Gasteiger partial charge >= 0.3 is 0 Å². The first-order valence-corrected chi connectivity index (χ1v) is 5.39. The molecule has 0 amide bonds. The lowest BCUT2D eigenvalue weighted by atomic mass is 10.1. The van der Waals surface area contributed by atoms with Crippen LogP contribution in [0.15, 0.2) is 30.5 Å². The summed E-state index contributed by atoms with van der Waals surface area (Å²) in [6.07, 6.45) is 3.64. The monoisotopic (exact) mass is 203 g/mol. The summed E-state index contributed by atoms with van der Waals surface area (Å²) in [5, 5.41) is 10.5. The van der Waals surface area contributed by atoms with Gasteiger partial charge in [-0.05, 0) is 48.9 Å². The van der Waals surface area contributed by atoms with Crippen LogP contribution in [0.3, 0.4) is 0 Å². The summed E-state index contributed by atoms with van der Waals surface area (Å²) in [4.78, 5) is 0. The van der Waals surface area contributed by atoms with Gasteiger partial charge in [0.25, 0.3) is 0 Å². The fourth-order valence-corrected chi connectivity index (χ4v) is 1.86. The van der Waals surface area contributed by atoms with Crippen LogP contribution < -0.4 is 0 Å². The molecule has 0 bridgehead atoms. The fraction of sp³-hybridized carbons (Fsp3) is 0.385. The van der Waals surface area contributed by atoms with Gasteiger partial charge in [-0.15, -0.1) is 0 Å². The zero-order chi connectivity index (χ0) is 10.8. The molecule has 0 saturated heterocycles. The van der Waals surface area contributed by atoms with E-state index in [0.29, 0.717) is 0 Å². The van der Waals surface area contributed by atoms with Crippen molar-refractivity contribution in [2.75, 3.05) is 0 Å². The van der Waals surface area contributed by atoms with Gasteiger partial charge in [0, 0.05) is 18.8 Å². The summed E-state index contributed by atoms with van der Waals surface area (Å²) >= 11 is 0. The Morgan fingerprint density at radius 3 is 2.87 bits per heavy atom. The van der Waals surface area contributed by atoms with Crippen LogP contribution in [0.5, 0.6) is 0 Å². The molecule has 2 aromatic rings. The highest BCUT2D eigenvalue weighted by molar-refractivity contribution is 5.80. The summed E-state index contributed by atoms with van der Waals surface area (Å²) < 4.78 is 2.12. The van der Waals surface area contributed by atoms with E-state index in [4.69, 9.17) is 0 Å². The van der Waals surface area contributed by atoms with Gasteiger partial charge in [-0.2, -0.15) is 0 Å². The van der Waals surface area contributed by atoms with E-state index >= 15 is 0 Å². The maximum absolute atomic E-state index is 9.23. The smallest absolute Gasteiger partial charge is 0.0515 e. The normalized spacial score (nSPS) is 13.3. The number of aliphatic hydroxyl groups is 1. The van der Waals surface area contributed by atoms with Crippen molar-refractivity contribution in [1.29, 1.82) is 0 Å². The molecular weight excluding hydrogens is 186 g/mol. The Hall–Kier alpha value is -1.28. The van der Waals surface area contributed by atoms with Crippen LogP contribution in [-0.4, -0.2) is 15.8 Å². The predicted octanol–water partition coefficient (Wildman–Crippen LogP) is 2.49. The first kappa shape index (κ1) is 10.2. The van der Waals surface area contributed by atoms with Crippen molar-refractivity contribution in [3.8, 4) is 0 Å². The largest absolute Gasteiger partial charge is 0.393 e. The van der Waals surface area contributed by atoms with Crippen molar-refractivity contribution < 1.29 is 5.11 Å². The van der Waals surface area contributed by atoms with E-state index in [1.54, 1.807) is 0 Å². The fourth-order valence-electron chi connectivity index (χ4n) is 1.86. The second-order valence-electron chi connectivity index (χ2n) is 4.21. The number of aliphatic hydroxyl groups excluding tert-OH is 1. The van der Waals surface area contributed by atoms with Crippen molar-refractivity contribution >= 4 is 10.9 Å². The molecule has 15 heavy (non-hydrogen) atoms. The molecular formula is C13H17NO. The number of hydrogen-bond donors (Lipinski definition) is 1. The minimum Gasteiger partial charge on any atom is -0.393 e. The number of aryl methyl sites for hydroxylation is 2. The Balaban J connectivity index is 2.23. The molecule has 80 valence electrons. The molecule has 1 heterocycles. The van der Waals surface area contributed by atoms with Crippen LogP contribution in [-0.2, 0) is 13.5 Å². The average molecular weight is 203 g/mol. The highest BCUT2D eigenvalue weighted by Gasteiger charge is 2.01. The van der Waals surface area contributed by atoms with Gasteiger partial charge in [0.2, 0.25) is 0 Å². The molecule has 0 fully saturated rings. The predicted molar refractivity (Wildman–Crippen MR) is 62.9 cm³/mol. The summed E-state index contributed by atoms with van der Waals surface area (Å²) in [5.74, 6) is 0. The van der Waals surface area contributed by atoms with Gasteiger partial charge < -0.3 is 9.67 Å². The minimum absolute atomic E-state index is 0.212. The van der Waals surface area contributed by atoms with E-state index in [-0.39, 0.29) is 6.10 Å². The van der Waals surface area contributed by atoms with E-state index in [2.05, 4.69) is 42.1 Å². The first-order valence-electron chi connectivity index (χ1n) is 5.39. The number of rotatable bonds is 3. The number of aromatic nitrogens is 1. The van der Waals surface area contributed by atoms with Gasteiger partial charge in [0.1, 0.15) is 0 Å². The molecule has 1 unspecified atom stereocenters. The van der Waals surface area contributed by atoms with Gasteiger partial charge in [0.05, 0.1) is 6.10 Å². The molecule has 2 heteroatoms. The van der Waals surface area contributed by atoms with E-state index in [1.165, 1.54) is 16.5 Å². The Kier molecular flexibility index (Phi) is 2.78. The molecule has 0 aliphatic carbocycles. The highest BCUT2D eigenvalue weighted by atomic mass is 16.3. The summed E-state index contributed by atoms with van der Waals surface area (Å²) in [7, 11) is 2.05. The molecule has 1 aromatic carbocycles. The zero-order valence-electron chi connectivity index (χ0n) is 9.27. The number of hydrogen-bond acceptors (Lipinski definition) is 1. The SMILES string of the molecule is CC(O)CCc1ccc2c(ccn2C)c1. The van der Waals surface area contributed by atoms with Crippen molar-refractivity contribution in [1.82, 2.24) is 4.57 Å². The molecule has 1 aromatic heterocycles. The third-order valence-electron chi connectivity index (χ3n) is 2.80. The van der Waals surface area contributed by atoms with Crippen molar-refractivity contribution in [3.05, 3.63) is 36.0 Å². The first-order chi connectivity index (χ1) is 7.16. The third kappa shape index (κ3) is 2.21. The molecule has 0 saturated carbocycles. The molecule has 0 aliphatic rings. The molecule has 0 spiro atoms. The van der Waals surface area contributed by atoms with Gasteiger partial charge in [-0.25, -0.2) is 0 Å². The van der Waals surface area contributed by atoms with E-state index in [1.807, 2.05) is 6.92 Å². The second-order valence-corrected chi connectivity index (χ2v) is 4.21. The third-order valence-corrected chi connectivity index (χ3v) is 2.80. The zero-order valence-corrected chi connectivity index (χ0v) is 9.27. The van der Waals surface area contributed by atoms with Crippen molar-refractivity contribution in [2.45, 2.75) is 25.9 Å². The van der Waals surface area contributed by atoms with Crippen LogP contribution in [0, 0.1) is 0 Å². The topological polar surface area (TPSA) is 25.2 Å². The molecule has 1 atom stereocenters. The van der Waals surface area contributed by atoms with Crippen LogP contribution in [0.2, 0.25) is 0 Å². The van der Waals surface area contributed by atoms with Crippen LogP contribution in [0.1, 0.15) is 18.9 Å². The Bertz CT molecular complexity index is 457. The summed E-state index contributed by atoms with van der Waals surface area (Å²) in [5.41, 5.74) is 2.56. The second kappa shape index (κ2) is 4.07. The number of benzene rings is 1. The van der Waals surface area contributed by atoms with Crippen molar-refractivity contribution in [3.63, 3.8) is 0 Å².